The molecule has 0 bridgehead atoms. The van der Waals surface area contributed by atoms with Gasteiger partial charge in [-0.3, -0.25) is 0 Å². The monoisotopic (exact) mass is 339 g/mol. The van der Waals surface area contributed by atoms with E-state index in [1.165, 1.54) is 0 Å². The lowest BCUT2D eigenvalue weighted by Gasteiger charge is -2.17. The molecule has 0 spiro atoms. The molecule has 2 rings (SSSR count). The van der Waals surface area contributed by atoms with Crippen molar-refractivity contribution in [2.45, 2.75) is 33.4 Å². The van der Waals surface area contributed by atoms with E-state index in [1.54, 1.807) is 6.92 Å². The van der Waals surface area contributed by atoms with Gasteiger partial charge in [0.05, 0.1) is 0 Å². The summed E-state index contributed by atoms with van der Waals surface area (Å²) in [7, 11) is 0. The van der Waals surface area contributed by atoms with Crippen molar-refractivity contribution in [3.8, 4) is 5.75 Å². The Labute approximate surface area is 126 Å². The Bertz CT molecular complexity index is 571. The number of nitrogens with one attached hydrogen (secondary N) is 1. The largest absolute Gasteiger partial charge is 0.485 e. The first-order valence-corrected chi connectivity index (χ1v) is 7.34. The minimum absolute atomic E-state index is 0.218. The molecule has 0 aliphatic rings. The van der Waals surface area contributed by atoms with E-state index in [9.17, 15) is 0 Å². The number of nitrogens with zero attached hydrogens (tertiary/aromatic N) is 2. The van der Waals surface area contributed by atoms with Crippen molar-refractivity contribution >= 4 is 15.9 Å². The van der Waals surface area contributed by atoms with Crippen LogP contribution in [0.1, 0.15) is 37.2 Å². The molecule has 0 aliphatic carbocycles. The lowest BCUT2D eigenvalue weighted by molar-refractivity contribution is 0.280. The second kappa shape index (κ2) is 6.85. The molecule has 0 fully saturated rings. The molecule has 0 saturated carbocycles. The number of hydrogen-bond acceptors (Lipinski definition) is 5. The summed E-state index contributed by atoms with van der Waals surface area (Å²) in [6.07, 6.45) is 0. The van der Waals surface area contributed by atoms with Gasteiger partial charge >= 0.3 is 0 Å². The molecule has 0 aliphatic heterocycles. The quantitative estimate of drug-likeness (QED) is 0.873. The highest BCUT2D eigenvalue weighted by Crippen LogP contribution is 2.29. The Kier molecular flexibility index (Phi) is 5.14. The second-order valence-electron chi connectivity index (χ2n) is 4.48. The summed E-state index contributed by atoms with van der Waals surface area (Å²) >= 11 is 3.46. The highest BCUT2D eigenvalue weighted by atomic mass is 79.9. The smallest absolute Gasteiger partial charge is 0.223 e. The first kappa shape index (κ1) is 15.0. The first-order valence-electron chi connectivity index (χ1n) is 6.55. The average molecular weight is 340 g/mol. The van der Waals surface area contributed by atoms with Crippen LogP contribution in [0.2, 0.25) is 0 Å². The fourth-order valence-corrected chi connectivity index (χ4v) is 2.29. The molecule has 1 N–H and O–H groups in total. The number of rotatable bonds is 6. The van der Waals surface area contributed by atoms with E-state index >= 15 is 0 Å². The van der Waals surface area contributed by atoms with Gasteiger partial charge in [0, 0.05) is 23.0 Å². The summed E-state index contributed by atoms with van der Waals surface area (Å²) in [5, 5.41) is 7.20. The maximum absolute atomic E-state index is 5.83. The topological polar surface area (TPSA) is 60.2 Å². The van der Waals surface area contributed by atoms with Crippen LogP contribution in [0.4, 0.5) is 0 Å². The van der Waals surface area contributed by atoms with Crippen LogP contribution in [-0.4, -0.2) is 16.7 Å². The third-order valence-corrected chi connectivity index (χ3v) is 3.37. The van der Waals surface area contributed by atoms with Gasteiger partial charge in [-0.15, -0.1) is 0 Å². The van der Waals surface area contributed by atoms with Crippen LogP contribution in [0.3, 0.4) is 0 Å². The zero-order valence-electron chi connectivity index (χ0n) is 11.8. The standard InChI is InChI=1S/C14H18BrN3O2/c1-4-16-9(2)12-6-5-11(15)7-13(12)19-8-14-17-10(3)20-18-14/h5-7,9,16H,4,8H2,1-3H3. The predicted octanol–water partition coefficient (Wildman–Crippen LogP) is 3.39. The maximum Gasteiger partial charge on any atom is 0.223 e. The fraction of sp³-hybridized carbons (Fsp3) is 0.429. The Morgan fingerprint density at radius 1 is 1.45 bits per heavy atom. The van der Waals surface area contributed by atoms with Gasteiger partial charge in [-0.2, -0.15) is 4.98 Å². The van der Waals surface area contributed by atoms with Crippen molar-refractivity contribution in [3.05, 3.63) is 40.0 Å². The minimum atomic E-state index is 0.218. The number of aryl methyl sites for hydroxylation is 1. The van der Waals surface area contributed by atoms with Crippen LogP contribution in [0, 0.1) is 6.92 Å². The Morgan fingerprint density at radius 2 is 2.25 bits per heavy atom. The zero-order chi connectivity index (χ0) is 14.5. The second-order valence-corrected chi connectivity index (χ2v) is 5.40. The maximum atomic E-state index is 5.83. The molecule has 108 valence electrons. The SMILES string of the molecule is CCNC(C)c1ccc(Br)cc1OCc1noc(C)n1. The van der Waals surface area contributed by atoms with Gasteiger partial charge < -0.3 is 14.6 Å². The van der Waals surface area contributed by atoms with Crippen LogP contribution < -0.4 is 10.1 Å². The van der Waals surface area contributed by atoms with E-state index in [0.717, 1.165) is 22.3 Å². The molecular weight excluding hydrogens is 322 g/mol. The van der Waals surface area contributed by atoms with Crippen LogP contribution in [0.15, 0.2) is 27.2 Å². The van der Waals surface area contributed by atoms with Crippen molar-refractivity contribution in [2.24, 2.45) is 0 Å². The van der Waals surface area contributed by atoms with E-state index in [2.05, 4.69) is 45.2 Å². The zero-order valence-corrected chi connectivity index (χ0v) is 13.4. The predicted molar refractivity (Wildman–Crippen MR) is 79.6 cm³/mol. The molecule has 2 aromatic rings. The van der Waals surface area contributed by atoms with Crippen LogP contribution in [0.25, 0.3) is 0 Å². The lowest BCUT2D eigenvalue weighted by atomic mass is 10.1. The summed E-state index contributed by atoms with van der Waals surface area (Å²) in [6, 6.07) is 6.23. The van der Waals surface area contributed by atoms with Gasteiger partial charge in [-0.05, 0) is 25.6 Å². The molecule has 0 radical (unpaired) electrons. The van der Waals surface area contributed by atoms with E-state index < -0.39 is 0 Å². The fourth-order valence-electron chi connectivity index (χ4n) is 1.95. The van der Waals surface area contributed by atoms with Gasteiger partial charge in [0.15, 0.2) is 6.61 Å². The molecule has 5 nitrogen and oxygen atoms in total. The summed E-state index contributed by atoms with van der Waals surface area (Å²) in [6.45, 7) is 7.14. The highest BCUT2D eigenvalue weighted by molar-refractivity contribution is 9.10. The third-order valence-electron chi connectivity index (χ3n) is 2.88. The number of hydrogen-bond donors (Lipinski definition) is 1. The van der Waals surface area contributed by atoms with E-state index in [1.807, 2.05) is 18.2 Å². The Hall–Kier alpha value is -1.40. The summed E-state index contributed by atoms with van der Waals surface area (Å²) in [4.78, 5) is 4.13. The molecule has 1 heterocycles. The molecular formula is C14H18BrN3O2. The average Bonchev–Trinajstić information content (AvgIpc) is 2.82. The number of halogens is 1. The van der Waals surface area contributed by atoms with Crippen LogP contribution >= 0.6 is 15.9 Å². The number of aromatic nitrogens is 2. The summed E-state index contributed by atoms with van der Waals surface area (Å²) in [5.74, 6) is 1.90. The van der Waals surface area contributed by atoms with Gasteiger partial charge in [-0.1, -0.05) is 34.1 Å². The molecule has 1 aromatic carbocycles. The molecule has 20 heavy (non-hydrogen) atoms. The van der Waals surface area contributed by atoms with E-state index in [0.29, 0.717) is 18.3 Å². The third kappa shape index (κ3) is 3.80. The van der Waals surface area contributed by atoms with Gasteiger partial charge in [-0.25, -0.2) is 0 Å². The van der Waals surface area contributed by atoms with Crippen molar-refractivity contribution in [1.29, 1.82) is 0 Å². The molecule has 1 unspecified atom stereocenters. The Morgan fingerprint density at radius 3 is 2.90 bits per heavy atom. The number of ether oxygens (including phenoxy) is 1. The van der Waals surface area contributed by atoms with Crippen molar-refractivity contribution in [1.82, 2.24) is 15.5 Å². The molecule has 1 atom stereocenters. The minimum Gasteiger partial charge on any atom is -0.485 e. The van der Waals surface area contributed by atoms with Crippen LogP contribution in [0.5, 0.6) is 5.75 Å². The van der Waals surface area contributed by atoms with Gasteiger partial charge in [0.1, 0.15) is 5.75 Å². The summed E-state index contributed by atoms with van der Waals surface area (Å²) < 4.78 is 11.7. The lowest BCUT2D eigenvalue weighted by Crippen LogP contribution is -2.18. The van der Waals surface area contributed by atoms with Gasteiger partial charge in [0.2, 0.25) is 11.7 Å². The molecule has 1 aromatic heterocycles. The number of benzene rings is 1. The van der Waals surface area contributed by atoms with Crippen LogP contribution in [-0.2, 0) is 6.61 Å². The Balaban J connectivity index is 2.14. The summed E-state index contributed by atoms with van der Waals surface area (Å²) in [5.41, 5.74) is 1.11. The van der Waals surface area contributed by atoms with Crippen molar-refractivity contribution < 1.29 is 9.26 Å². The highest BCUT2D eigenvalue weighted by Gasteiger charge is 2.12. The first-order chi connectivity index (χ1) is 9.60. The normalized spacial score (nSPS) is 12.4. The van der Waals surface area contributed by atoms with E-state index in [4.69, 9.17) is 9.26 Å². The molecule has 6 heteroatoms. The molecule has 0 saturated heterocycles. The van der Waals surface area contributed by atoms with Crippen molar-refractivity contribution in [3.63, 3.8) is 0 Å². The van der Waals surface area contributed by atoms with E-state index in [-0.39, 0.29) is 6.04 Å². The molecule has 0 amide bonds. The van der Waals surface area contributed by atoms with Crippen molar-refractivity contribution in [2.75, 3.05) is 6.54 Å². The van der Waals surface area contributed by atoms with Gasteiger partial charge in [0.25, 0.3) is 0 Å².